The van der Waals surface area contributed by atoms with Gasteiger partial charge in [-0.25, -0.2) is 8.42 Å². The number of hydrogen-bond acceptors (Lipinski definition) is 6. The molecule has 0 saturated heterocycles. The van der Waals surface area contributed by atoms with Crippen molar-refractivity contribution in [3.8, 4) is 5.75 Å². The number of aryl methyl sites for hydroxylation is 1. The van der Waals surface area contributed by atoms with E-state index in [0.29, 0.717) is 24.5 Å². The maximum absolute atomic E-state index is 14.3. The van der Waals surface area contributed by atoms with Crippen LogP contribution in [0.15, 0.2) is 82.6 Å². The Bertz CT molecular complexity index is 1460. The number of ether oxygens (including phenoxy) is 1. The molecule has 0 aliphatic carbocycles. The third kappa shape index (κ3) is 8.76. The van der Waals surface area contributed by atoms with Crippen molar-refractivity contribution in [2.24, 2.45) is 0 Å². The van der Waals surface area contributed by atoms with Gasteiger partial charge >= 0.3 is 0 Å². The number of rotatable bonds is 15. The summed E-state index contributed by atoms with van der Waals surface area (Å²) in [5.41, 5.74) is 2.18. The molecule has 2 amide bonds. The van der Waals surface area contributed by atoms with E-state index in [2.05, 4.69) is 5.32 Å². The summed E-state index contributed by atoms with van der Waals surface area (Å²) in [6, 6.07) is 20.0. The highest BCUT2D eigenvalue weighted by atomic mass is 32.2. The van der Waals surface area contributed by atoms with Crippen LogP contribution in [0, 0.1) is 6.92 Å². The van der Waals surface area contributed by atoms with Gasteiger partial charge in [0.15, 0.2) is 0 Å². The van der Waals surface area contributed by atoms with E-state index in [1.54, 1.807) is 48.5 Å². The number of amides is 2. The third-order valence-electron chi connectivity index (χ3n) is 7.35. The van der Waals surface area contributed by atoms with Crippen LogP contribution in [-0.2, 0) is 26.2 Å². The molecule has 0 aromatic heterocycles. The average Bonchev–Trinajstić information content (AvgIpc) is 3.01. The molecule has 232 valence electrons. The molecule has 0 aliphatic rings. The van der Waals surface area contributed by atoms with Crippen molar-refractivity contribution in [2.75, 3.05) is 23.7 Å². The van der Waals surface area contributed by atoms with Crippen LogP contribution in [0.2, 0.25) is 0 Å². The second-order valence-electron chi connectivity index (χ2n) is 10.3. The number of hydrogen-bond donors (Lipinski definition) is 1. The van der Waals surface area contributed by atoms with Crippen molar-refractivity contribution in [1.29, 1.82) is 0 Å². The van der Waals surface area contributed by atoms with E-state index in [4.69, 9.17) is 4.74 Å². The van der Waals surface area contributed by atoms with Gasteiger partial charge in [-0.3, -0.25) is 13.9 Å². The van der Waals surface area contributed by atoms with E-state index in [0.717, 1.165) is 26.7 Å². The molecule has 2 atom stereocenters. The van der Waals surface area contributed by atoms with E-state index >= 15 is 0 Å². The van der Waals surface area contributed by atoms with Crippen molar-refractivity contribution < 1.29 is 22.7 Å². The number of thioether (sulfide) groups is 1. The minimum Gasteiger partial charge on any atom is -0.494 e. The number of carbonyl (C=O) groups is 2. The second kappa shape index (κ2) is 15.8. The molecule has 0 unspecified atom stereocenters. The van der Waals surface area contributed by atoms with Gasteiger partial charge in [-0.2, -0.15) is 0 Å². The Hall–Kier alpha value is -3.50. The summed E-state index contributed by atoms with van der Waals surface area (Å²) in [4.78, 5) is 30.2. The van der Waals surface area contributed by atoms with Gasteiger partial charge in [-0.05, 0) is 99.5 Å². The lowest BCUT2D eigenvalue weighted by Gasteiger charge is -2.34. The molecule has 3 aromatic carbocycles. The first-order valence-electron chi connectivity index (χ1n) is 14.6. The predicted octanol–water partition coefficient (Wildman–Crippen LogP) is 6.03. The number of sulfonamides is 1. The Morgan fingerprint density at radius 1 is 0.930 bits per heavy atom. The molecule has 43 heavy (non-hydrogen) atoms. The van der Waals surface area contributed by atoms with Gasteiger partial charge in [0.1, 0.15) is 18.3 Å². The van der Waals surface area contributed by atoms with E-state index < -0.39 is 28.5 Å². The molecule has 0 heterocycles. The molecule has 0 saturated carbocycles. The Labute approximate surface area is 260 Å². The van der Waals surface area contributed by atoms with Crippen LogP contribution in [0.25, 0.3) is 0 Å². The molecular weight excluding hydrogens is 583 g/mol. The summed E-state index contributed by atoms with van der Waals surface area (Å²) in [5, 5.41) is 3.01. The maximum Gasteiger partial charge on any atom is 0.264 e. The first kappa shape index (κ1) is 34.0. The Morgan fingerprint density at radius 2 is 1.58 bits per heavy atom. The molecular formula is C33H43N3O5S2. The molecule has 0 radical (unpaired) electrons. The number of nitrogens with one attached hydrogen (secondary N) is 1. The van der Waals surface area contributed by atoms with Gasteiger partial charge in [0, 0.05) is 17.5 Å². The van der Waals surface area contributed by atoms with Crippen LogP contribution in [-0.4, -0.2) is 56.6 Å². The summed E-state index contributed by atoms with van der Waals surface area (Å²) < 4.78 is 34.9. The fraction of sp³-hybridized carbons (Fsp3) is 0.394. The number of anilines is 1. The minimum atomic E-state index is -4.15. The molecule has 10 heteroatoms. The first-order valence-corrected chi connectivity index (χ1v) is 17.3. The first-order chi connectivity index (χ1) is 20.5. The Morgan fingerprint density at radius 3 is 2.14 bits per heavy atom. The fourth-order valence-electron chi connectivity index (χ4n) is 4.61. The van der Waals surface area contributed by atoms with Crippen LogP contribution in [0.3, 0.4) is 0 Å². The summed E-state index contributed by atoms with van der Waals surface area (Å²) in [7, 11) is -4.15. The molecule has 0 bridgehead atoms. The zero-order valence-corrected chi connectivity index (χ0v) is 27.5. The molecule has 1 N–H and O–H groups in total. The normalized spacial score (nSPS) is 12.7. The van der Waals surface area contributed by atoms with Gasteiger partial charge in [0.25, 0.3) is 10.0 Å². The van der Waals surface area contributed by atoms with Gasteiger partial charge in [-0.1, -0.05) is 38.1 Å². The van der Waals surface area contributed by atoms with E-state index in [9.17, 15) is 18.0 Å². The lowest BCUT2D eigenvalue weighted by atomic mass is 10.1. The van der Waals surface area contributed by atoms with Crippen LogP contribution < -0.4 is 14.4 Å². The topological polar surface area (TPSA) is 96.0 Å². The monoisotopic (exact) mass is 625 g/mol. The Kier molecular flexibility index (Phi) is 12.5. The van der Waals surface area contributed by atoms with Crippen LogP contribution in [0.4, 0.5) is 5.69 Å². The quantitative estimate of drug-likeness (QED) is 0.207. The lowest BCUT2D eigenvalue weighted by molar-refractivity contribution is -0.140. The SMILES string of the molecule is CCOc1ccc(N(CC(=O)N(Cc2ccccc2C)[C@H](CC)C(=O)N[C@H](C)CC)S(=O)(=O)c2ccc(SC)cc2)cc1. The molecule has 0 spiro atoms. The summed E-state index contributed by atoms with van der Waals surface area (Å²) in [6.45, 7) is 9.71. The molecule has 0 aliphatic heterocycles. The Balaban J connectivity index is 2.08. The fourth-order valence-corrected chi connectivity index (χ4v) is 6.43. The largest absolute Gasteiger partial charge is 0.494 e. The predicted molar refractivity (Wildman–Crippen MR) is 174 cm³/mol. The molecule has 0 fully saturated rings. The van der Waals surface area contributed by atoms with Crippen LogP contribution in [0.1, 0.15) is 51.7 Å². The molecule has 3 rings (SSSR count). The lowest BCUT2D eigenvalue weighted by Crippen LogP contribution is -2.53. The molecule has 8 nitrogen and oxygen atoms in total. The standard InChI is InChI=1S/C33H43N3O5S2/c1-7-25(5)34-33(38)31(8-2)35(22-26-13-11-10-12-24(26)4)32(37)23-36(27-14-16-28(17-15-27)41-9-3)43(39,40)30-20-18-29(42-6)19-21-30/h10-21,25,31H,7-9,22-23H2,1-6H3,(H,34,38)/t25-,31-/m1/s1. The number of benzene rings is 3. The average molecular weight is 626 g/mol. The highest BCUT2D eigenvalue weighted by Gasteiger charge is 2.34. The van der Waals surface area contributed by atoms with Crippen molar-refractivity contribution in [2.45, 2.75) is 75.9 Å². The zero-order chi connectivity index (χ0) is 31.6. The van der Waals surface area contributed by atoms with Crippen molar-refractivity contribution in [3.63, 3.8) is 0 Å². The van der Waals surface area contributed by atoms with Crippen LogP contribution >= 0.6 is 11.8 Å². The van der Waals surface area contributed by atoms with Crippen molar-refractivity contribution in [1.82, 2.24) is 10.2 Å². The number of carbonyl (C=O) groups excluding carboxylic acids is 2. The molecule has 3 aromatic rings. The van der Waals surface area contributed by atoms with Crippen LogP contribution in [0.5, 0.6) is 5.75 Å². The minimum absolute atomic E-state index is 0.0676. The van der Waals surface area contributed by atoms with Gasteiger partial charge in [-0.15, -0.1) is 11.8 Å². The second-order valence-corrected chi connectivity index (χ2v) is 13.0. The summed E-state index contributed by atoms with van der Waals surface area (Å²) in [6.07, 6.45) is 3.03. The smallest absolute Gasteiger partial charge is 0.264 e. The van der Waals surface area contributed by atoms with E-state index in [1.807, 2.05) is 65.1 Å². The third-order valence-corrected chi connectivity index (χ3v) is 9.88. The van der Waals surface area contributed by atoms with E-state index in [-0.39, 0.29) is 23.4 Å². The van der Waals surface area contributed by atoms with Crippen molar-refractivity contribution >= 4 is 39.3 Å². The summed E-state index contributed by atoms with van der Waals surface area (Å²) >= 11 is 1.51. The number of nitrogens with zero attached hydrogens (tertiary/aromatic N) is 2. The van der Waals surface area contributed by atoms with E-state index in [1.165, 1.54) is 16.7 Å². The maximum atomic E-state index is 14.3. The highest BCUT2D eigenvalue weighted by Crippen LogP contribution is 2.28. The summed E-state index contributed by atoms with van der Waals surface area (Å²) in [5.74, 6) is -0.150. The van der Waals surface area contributed by atoms with Gasteiger partial charge in [0.2, 0.25) is 11.8 Å². The highest BCUT2D eigenvalue weighted by molar-refractivity contribution is 7.98. The van der Waals surface area contributed by atoms with Gasteiger partial charge < -0.3 is 15.0 Å². The van der Waals surface area contributed by atoms with Crippen molar-refractivity contribution in [3.05, 3.63) is 83.9 Å². The van der Waals surface area contributed by atoms with Gasteiger partial charge in [0.05, 0.1) is 17.2 Å². The zero-order valence-electron chi connectivity index (χ0n) is 25.9.